The summed E-state index contributed by atoms with van der Waals surface area (Å²) in [5.41, 5.74) is 0.640. The average molecular weight is 385 g/mol. The van der Waals surface area contributed by atoms with Gasteiger partial charge in [0, 0.05) is 17.6 Å². The van der Waals surface area contributed by atoms with Crippen LogP contribution in [0.15, 0.2) is 36.4 Å². The Morgan fingerprint density at radius 3 is 2.41 bits per heavy atom. The van der Waals surface area contributed by atoms with Crippen molar-refractivity contribution in [2.24, 2.45) is 5.92 Å². The van der Waals surface area contributed by atoms with E-state index in [0.29, 0.717) is 33.2 Å². The lowest BCUT2D eigenvalue weighted by Crippen LogP contribution is -2.62. The van der Waals surface area contributed by atoms with Crippen molar-refractivity contribution < 1.29 is 14.3 Å². The van der Waals surface area contributed by atoms with Gasteiger partial charge in [-0.2, -0.15) is 0 Å². The number of piperidine rings is 3. The molecule has 3 fully saturated rings. The highest BCUT2D eigenvalue weighted by atomic mass is 32.1. The van der Waals surface area contributed by atoms with E-state index in [1.54, 1.807) is 43.3 Å². The Hall–Kier alpha value is -2.18. The molecular weight excluding hydrogens is 360 g/mol. The third-order valence-corrected chi connectivity index (χ3v) is 6.80. The molecule has 0 saturated carbocycles. The third kappa shape index (κ3) is 3.77. The number of ether oxygens (including phenoxy) is 1. The third-order valence-electron chi connectivity index (χ3n) is 5.74. The molecule has 4 heterocycles. The number of ketones is 1. The van der Waals surface area contributed by atoms with Crippen LogP contribution in [0, 0.1) is 5.92 Å². The van der Waals surface area contributed by atoms with E-state index in [-0.39, 0.29) is 17.7 Å². The van der Waals surface area contributed by atoms with Crippen molar-refractivity contribution in [1.82, 2.24) is 10.2 Å². The number of thiophene rings is 1. The first kappa shape index (κ1) is 18.2. The Morgan fingerprint density at radius 2 is 1.81 bits per heavy atom. The van der Waals surface area contributed by atoms with E-state index < -0.39 is 0 Å². The van der Waals surface area contributed by atoms with Crippen molar-refractivity contribution in [2.75, 3.05) is 13.1 Å². The van der Waals surface area contributed by atoms with E-state index in [1.165, 1.54) is 24.2 Å². The number of carbonyl (C=O) groups excluding carboxylic acids is 2. The normalized spacial score (nSPS) is 26.6. The molecule has 0 unspecified atom stereocenters. The van der Waals surface area contributed by atoms with E-state index in [9.17, 15) is 9.59 Å². The molecule has 3 aliphatic heterocycles. The lowest BCUT2D eigenvalue weighted by atomic mass is 9.79. The van der Waals surface area contributed by atoms with Crippen molar-refractivity contribution in [1.29, 1.82) is 0 Å². The largest absolute Gasteiger partial charge is 0.447 e. The van der Waals surface area contributed by atoms with E-state index in [4.69, 9.17) is 4.74 Å². The van der Waals surface area contributed by atoms with Crippen molar-refractivity contribution in [3.8, 4) is 10.8 Å². The second-order valence-corrected chi connectivity index (χ2v) is 8.46. The van der Waals surface area contributed by atoms with Crippen LogP contribution in [0.1, 0.15) is 46.7 Å². The highest BCUT2D eigenvalue weighted by Gasteiger charge is 2.40. The summed E-state index contributed by atoms with van der Waals surface area (Å²) in [4.78, 5) is 27.2. The fourth-order valence-electron chi connectivity index (χ4n) is 4.13. The smallest absolute Gasteiger partial charge is 0.251 e. The molecular formula is C21H24N2O3S. The van der Waals surface area contributed by atoms with Crippen LogP contribution in [0.25, 0.3) is 0 Å². The number of rotatable bonds is 5. The summed E-state index contributed by atoms with van der Waals surface area (Å²) < 4.78 is 5.78. The molecule has 1 amide bonds. The number of hydrogen-bond acceptors (Lipinski definition) is 5. The lowest BCUT2D eigenvalue weighted by molar-refractivity contribution is 0.0217. The zero-order chi connectivity index (χ0) is 19.0. The number of benzene rings is 1. The molecule has 2 aromatic rings. The summed E-state index contributed by atoms with van der Waals surface area (Å²) >= 11 is 1.32. The van der Waals surface area contributed by atoms with Gasteiger partial charge in [0.05, 0.1) is 4.88 Å². The van der Waals surface area contributed by atoms with Crippen LogP contribution in [0.3, 0.4) is 0 Å². The Morgan fingerprint density at radius 1 is 1.11 bits per heavy atom. The Bertz CT molecular complexity index is 835. The summed E-state index contributed by atoms with van der Waals surface area (Å²) in [6.45, 7) is 6.05. The molecule has 5 rings (SSSR count). The monoisotopic (exact) mass is 384 g/mol. The van der Waals surface area contributed by atoms with Crippen molar-refractivity contribution in [2.45, 2.75) is 38.8 Å². The van der Waals surface area contributed by atoms with Gasteiger partial charge in [-0.3, -0.25) is 14.5 Å². The second kappa shape index (κ2) is 7.44. The highest BCUT2D eigenvalue weighted by Crippen LogP contribution is 2.33. The molecule has 1 N–H and O–H groups in total. The Balaban J connectivity index is 1.39. The van der Waals surface area contributed by atoms with E-state index >= 15 is 0 Å². The maximum atomic E-state index is 12.7. The van der Waals surface area contributed by atoms with Crippen LogP contribution in [0.5, 0.6) is 10.8 Å². The van der Waals surface area contributed by atoms with Gasteiger partial charge >= 0.3 is 0 Å². The zero-order valence-corrected chi connectivity index (χ0v) is 16.4. The van der Waals surface area contributed by atoms with Gasteiger partial charge in [-0.25, -0.2) is 0 Å². The molecule has 0 spiro atoms. The fourth-order valence-corrected chi connectivity index (χ4v) is 4.91. The molecule has 1 aromatic heterocycles. The number of hydrogen-bond donors (Lipinski definition) is 1. The summed E-state index contributed by atoms with van der Waals surface area (Å²) in [5.74, 6) is 1.25. The van der Waals surface area contributed by atoms with E-state index in [1.807, 2.05) is 0 Å². The molecule has 6 heteroatoms. The first-order chi connectivity index (χ1) is 13.0. The summed E-state index contributed by atoms with van der Waals surface area (Å²) in [5, 5.41) is 3.91. The number of nitrogens with one attached hydrogen (secondary N) is 1. The summed E-state index contributed by atoms with van der Waals surface area (Å²) in [6, 6.07) is 11.3. The Labute approximate surface area is 163 Å². The Kier molecular flexibility index (Phi) is 5.02. The molecule has 2 bridgehead atoms. The first-order valence-electron chi connectivity index (χ1n) is 9.45. The lowest BCUT2D eigenvalue weighted by Gasteiger charge is -2.49. The average Bonchev–Trinajstić information content (AvgIpc) is 3.14. The molecule has 2 atom stereocenters. The molecule has 27 heavy (non-hydrogen) atoms. The van der Waals surface area contributed by atoms with Crippen LogP contribution >= 0.6 is 11.3 Å². The molecule has 1 aromatic carbocycles. The maximum absolute atomic E-state index is 12.7. The standard InChI is InChI=1S/C21H24N2O3S/c1-13-20(15-9-11-23(13)12-10-15)22-21(25)16-3-5-17(6-4-16)26-19-8-7-18(27-19)14(2)24/h3-8,13,15,20H,9-12H2,1-2H3,(H,22,25)/t13-,20+/m1/s1. The predicted molar refractivity (Wildman–Crippen MR) is 106 cm³/mol. The minimum Gasteiger partial charge on any atom is -0.447 e. The van der Waals surface area contributed by atoms with Gasteiger partial charge in [0.15, 0.2) is 10.8 Å². The van der Waals surface area contributed by atoms with Gasteiger partial charge in [0.1, 0.15) is 5.75 Å². The molecule has 3 saturated heterocycles. The number of Topliss-reactive ketones (excluding diaryl/α,β-unsaturated/α-hetero) is 1. The highest BCUT2D eigenvalue weighted by molar-refractivity contribution is 7.15. The van der Waals surface area contributed by atoms with E-state index in [0.717, 1.165) is 13.1 Å². The number of amides is 1. The van der Waals surface area contributed by atoms with Gasteiger partial charge in [-0.15, -0.1) is 0 Å². The van der Waals surface area contributed by atoms with Crippen LogP contribution in [-0.2, 0) is 0 Å². The van der Waals surface area contributed by atoms with Crippen LogP contribution in [0.4, 0.5) is 0 Å². The summed E-state index contributed by atoms with van der Waals surface area (Å²) in [6.07, 6.45) is 2.34. The van der Waals surface area contributed by atoms with Gasteiger partial charge in [-0.05, 0) is 82.1 Å². The van der Waals surface area contributed by atoms with Gasteiger partial charge in [0.25, 0.3) is 5.91 Å². The predicted octanol–water partition coefficient (Wildman–Crippen LogP) is 3.96. The van der Waals surface area contributed by atoms with Gasteiger partial charge in [-0.1, -0.05) is 11.3 Å². The van der Waals surface area contributed by atoms with Crippen molar-refractivity contribution >= 4 is 23.0 Å². The quantitative estimate of drug-likeness (QED) is 0.793. The number of nitrogens with zero attached hydrogens (tertiary/aromatic N) is 1. The second-order valence-electron chi connectivity index (χ2n) is 7.41. The van der Waals surface area contributed by atoms with E-state index in [2.05, 4.69) is 17.1 Å². The number of carbonyl (C=O) groups is 2. The van der Waals surface area contributed by atoms with Crippen LogP contribution in [0.2, 0.25) is 0 Å². The number of fused-ring (bicyclic) bond motifs is 3. The van der Waals surface area contributed by atoms with Crippen molar-refractivity contribution in [3.63, 3.8) is 0 Å². The zero-order valence-electron chi connectivity index (χ0n) is 15.6. The molecule has 0 radical (unpaired) electrons. The fraction of sp³-hybridized carbons (Fsp3) is 0.429. The molecule has 142 valence electrons. The summed E-state index contributed by atoms with van der Waals surface area (Å²) in [7, 11) is 0. The van der Waals surface area contributed by atoms with Crippen LogP contribution in [-0.4, -0.2) is 41.8 Å². The minimum absolute atomic E-state index is 0.0258. The SMILES string of the molecule is CC(=O)c1ccc(Oc2ccc(C(=O)N[C@@H]3C4CCN(CC4)[C@@H]3C)cc2)s1. The van der Waals surface area contributed by atoms with Gasteiger partial charge in [0.2, 0.25) is 0 Å². The first-order valence-corrected chi connectivity index (χ1v) is 10.3. The molecule has 3 aliphatic rings. The van der Waals surface area contributed by atoms with Crippen LogP contribution < -0.4 is 10.1 Å². The maximum Gasteiger partial charge on any atom is 0.251 e. The molecule has 0 aliphatic carbocycles. The minimum atomic E-state index is -0.0258. The molecule has 5 nitrogen and oxygen atoms in total. The topological polar surface area (TPSA) is 58.6 Å². The van der Waals surface area contributed by atoms with Crippen molar-refractivity contribution in [3.05, 3.63) is 46.8 Å². The van der Waals surface area contributed by atoms with Gasteiger partial charge < -0.3 is 10.1 Å².